The second kappa shape index (κ2) is 7.01. The molecule has 1 N–H and O–H groups in total. The summed E-state index contributed by atoms with van der Waals surface area (Å²) in [6.07, 6.45) is 3.98. The molecular weight excluding hydrogens is 431 g/mol. The van der Waals surface area contributed by atoms with Gasteiger partial charge in [-0.25, -0.2) is 4.39 Å². The van der Waals surface area contributed by atoms with E-state index < -0.39 is 0 Å². The maximum atomic E-state index is 13.3. The van der Waals surface area contributed by atoms with Gasteiger partial charge in [0.2, 0.25) is 0 Å². The fourth-order valence-electron chi connectivity index (χ4n) is 3.77. The average Bonchev–Trinajstić information content (AvgIpc) is 3.21. The zero-order chi connectivity index (χ0) is 20.0. The van der Waals surface area contributed by atoms with Crippen LogP contribution in [-0.2, 0) is 11.3 Å². The molecule has 0 saturated carbocycles. The summed E-state index contributed by atoms with van der Waals surface area (Å²) >= 11 is 3.55. The van der Waals surface area contributed by atoms with E-state index in [1.807, 2.05) is 48.7 Å². The summed E-state index contributed by atoms with van der Waals surface area (Å²) < 4.78 is 16.4. The van der Waals surface area contributed by atoms with Gasteiger partial charge in [0.1, 0.15) is 5.82 Å². The predicted molar refractivity (Wildman–Crippen MR) is 118 cm³/mol. The number of rotatable bonds is 3. The molecule has 1 aliphatic heterocycles. The van der Waals surface area contributed by atoms with Crippen LogP contribution in [0.2, 0.25) is 0 Å². The fourth-order valence-corrected chi connectivity index (χ4v) is 4.13. The number of benzene rings is 3. The molecule has 0 fully saturated rings. The molecule has 0 saturated heterocycles. The molecule has 4 aromatic rings. The minimum Gasteiger partial charge on any atom is -0.342 e. The Morgan fingerprint density at radius 1 is 1.03 bits per heavy atom. The average molecular weight is 447 g/mol. The van der Waals surface area contributed by atoms with Crippen molar-refractivity contribution < 1.29 is 9.18 Å². The van der Waals surface area contributed by atoms with Crippen LogP contribution in [-0.4, -0.2) is 10.5 Å². The van der Waals surface area contributed by atoms with Crippen LogP contribution in [0, 0.1) is 5.82 Å². The molecule has 1 aliphatic rings. The zero-order valence-corrected chi connectivity index (χ0v) is 16.9. The molecule has 5 rings (SSSR count). The number of anilines is 1. The number of hydrogen-bond acceptors (Lipinski definition) is 1. The van der Waals surface area contributed by atoms with E-state index in [2.05, 4.69) is 31.9 Å². The highest BCUT2D eigenvalue weighted by Crippen LogP contribution is 2.35. The summed E-state index contributed by atoms with van der Waals surface area (Å²) in [5, 5.41) is 3.97. The van der Waals surface area contributed by atoms with Crippen LogP contribution in [0.1, 0.15) is 16.7 Å². The van der Waals surface area contributed by atoms with Crippen molar-refractivity contribution >= 4 is 50.1 Å². The molecule has 0 aliphatic carbocycles. The molecule has 3 aromatic carbocycles. The van der Waals surface area contributed by atoms with E-state index in [0.717, 1.165) is 37.8 Å². The first-order valence-electron chi connectivity index (χ1n) is 9.24. The number of halogens is 2. The van der Waals surface area contributed by atoms with E-state index in [4.69, 9.17) is 0 Å². The van der Waals surface area contributed by atoms with Gasteiger partial charge < -0.3 is 9.88 Å². The van der Waals surface area contributed by atoms with Crippen LogP contribution in [0.3, 0.4) is 0 Å². The van der Waals surface area contributed by atoms with Gasteiger partial charge in [0.25, 0.3) is 5.91 Å². The third-order valence-electron chi connectivity index (χ3n) is 5.15. The Hall–Kier alpha value is -3.18. The van der Waals surface area contributed by atoms with Crippen LogP contribution in [0.25, 0.3) is 22.6 Å². The lowest BCUT2D eigenvalue weighted by Crippen LogP contribution is -2.03. The first-order valence-corrected chi connectivity index (χ1v) is 10.0. The van der Waals surface area contributed by atoms with E-state index in [1.165, 1.54) is 12.1 Å². The summed E-state index contributed by atoms with van der Waals surface area (Å²) in [4.78, 5) is 12.5. The van der Waals surface area contributed by atoms with Crippen molar-refractivity contribution in [1.29, 1.82) is 0 Å². The Bertz CT molecular complexity index is 1290. The lowest BCUT2D eigenvalue weighted by molar-refractivity contribution is -0.110. The van der Waals surface area contributed by atoms with Crippen LogP contribution in [0.4, 0.5) is 10.1 Å². The topological polar surface area (TPSA) is 34.0 Å². The maximum absolute atomic E-state index is 13.3. The van der Waals surface area contributed by atoms with E-state index in [1.54, 1.807) is 12.1 Å². The van der Waals surface area contributed by atoms with Crippen molar-refractivity contribution in [2.75, 3.05) is 5.32 Å². The van der Waals surface area contributed by atoms with Crippen molar-refractivity contribution in [2.45, 2.75) is 6.54 Å². The Morgan fingerprint density at radius 2 is 1.83 bits per heavy atom. The Balaban J connectivity index is 1.64. The molecule has 0 radical (unpaired) electrons. The standard InChI is InChI=1S/C24H16BrFN2O/c25-17-7-10-23-20(12-17)16(14-28(23)13-15-5-8-18(26)9-6-15)11-21-19-3-1-2-4-22(19)27-24(21)29/h1-12,14H,13H2,(H,27,29)/b21-11+. The highest BCUT2D eigenvalue weighted by atomic mass is 79.9. The molecule has 5 heteroatoms. The van der Waals surface area contributed by atoms with Crippen molar-refractivity contribution in [2.24, 2.45) is 0 Å². The van der Waals surface area contributed by atoms with E-state index in [-0.39, 0.29) is 11.7 Å². The first kappa shape index (κ1) is 17.9. The van der Waals surface area contributed by atoms with Gasteiger partial charge >= 0.3 is 0 Å². The summed E-state index contributed by atoms with van der Waals surface area (Å²) in [5.74, 6) is -0.341. The highest BCUT2D eigenvalue weighted by molar-refractivity contribution is 9.10. The Labute approximate surface area is 175 Å². The van der Waals surface area contributed by atoms with E-state index in [0.29, 0.717) is 12.1 Å². The van der Waals surface area contributed by atoms with Crippen LogP contribution in [0.5, 0.6) is 0 Å². The molecule has 1 aromatic heterocycles. The summed E-state index contributed by atoms with van der Waals surface area (Å²) in [6.45, 7) is 0.615. The number of hydrogen-bond donors (Lipinski definition) is 1. The second-order valence-electron chi connectivity index (χ2n) is 7.06. The van der Waals surface area contributed by atoms with E-state index >= 15 is 0 Å². The maximum Gasteiger partial charge on any atom is 0.256 e. The minimum absolute atomic E-state index is 0.0966. The van der Waals surface area contributed by atoms with Crippen LogP contribution < -0.4 is 5.32 Å². The number of nitrogens with one attached hydrogen (secondary N) is 1. The van der Waals surface area contributed by atoms with Gasteiger partial charge in [-0.1, -0.05) is 46.3 Å². The van der Waals surface area contributed by atoms with Crippen LogP contribution >= 0.6 is 15.9 Å². The number of aromatic nitrogens is 1. The summed E-state index contributed by atoms with van der Waals surface area (Å²) in [5.41, 5.74) is 5.42. The number of carbonyl (C=O) groups excluding carboxylic acids is 1. The monoisotopic (exact) mass is 446 g/mol. The summed E-state index contributed by atoms with van der Waals surface area (Å²) in [7, 11) is 0. The Morgan fingerprint density at radius 3 is 2.66 bits per heavy atom. The Kier molecular flexibility index (Phi) is 4.32. The largest absolute Gasteiger partial charge is 0.342 e. The van der Waals surface area contributed by atoms with Gasteiger partial charge in [0.05, 0.1) is 0 Å². The van der Waals surface area contributed by atoms with Gasteiger partial charge in [0.15, 0.2) is 0 Å². The van der Waals surface area contributed by atoms with Crippen molar-refractivity contribution in [1.82, 2.24) is 4.57 Å². The number of fused-ring (bicyclic) bond motifs is 2. The molecule has 1 amide bonds. The van der Waals surface area contributed by atoms with Crippen molar-refractivity contribution in [3.63, 3.8) is 0 Å². The lowest BCUT2D eigenvalue weighted by atomic mass is 10.0. The van der Waals surface area contributed by atoms with Gasteiger partial charge in [-0.2, -0.15) is 0 Å². The van der Waals surface area contributed by atoms with Gasteiger partial charge in [-0.05, 0) is 48.0 Å². The lowest BCUT2D eigenvalue weighted by Gasteiger charge is -2.05. The third kappa shape index (κ3) is 3.28. The predicted octanol–water partition coefficient (Wildman–Crippen LogP) is 6.08. The molecule has 0 spiro atoms. The van der Waals surface area contributed by atoms with Gasteiger partial charge in [-0.3, -0.25) is 4.79 Å². The van der Waals surface area contributed by atoms with Crippen molar-refractivity contribution in [3.05, 3.63) is 99.9 Å². The highest BCUT2D eigenvalue weighted by Gasteiger charge is 2.24. The molecule has 0 bridgehead atoms. The quantitative estimate of drug-likeness (QED) is 0.380. The molecule has 0 atom stereocenters. The minimum atomic E-state index is -0.244. The molecule has 2 heterocycles. The first-order chi connectivity index (χ1) is 14.1. The number of amides is 1. The molecule has 0 unspecified atom stereocenters. The van der Waals surface area contributed by atoms with Crippen LogP contribution in [0.15, 0.2) is 77.4 Å². The number of para-hydroxylation sites is 1. The molecular formula is C24H16BrFN2O. The SMILES string of the molecule is O=C1Nc2ccccc2/C1=C\c1cn(Cc2ccc(F)cc2)c2ccc(Br)cc12. The van der Waals surface area contributed by atoms with Gasteiger partial charge in [0, 0.05) is 50.5 Å². The molecule has 3 nitrogen and oxygen atoms in total. The number of carbonyl (C=O) groups is 1. The van der Waals surface area contributed by atoms with Gasteiger partial charge in [-0.15, -0.1) is 0 Å². The summed E-state index contributed by atoms with van der Waals surface area (Å²) in [6, 6.07) is 20.3. The third-order valence-corrected chi connectivity index (χ3v) is 5.64. The number of nitrogens with zero attached hydrogens (tertiary/aromatic N) is 1. The zero-order valence-electron chi connectivity index (χ0n) is 15.3. The molecule has 29 heavy (non-hydrogen) atoms. The van der Waals surface area contributed by atoms with E-state index in [9.17, 15) is 9.18 Å². The fraction of sp³-hybridized carbons (Fsp3) is 0.0417. The second-order valence-corrected chi connectivity index (χ2v) is 7.97. The smallest absolute Gasteiger partial charge is 0.256 e. The van der Waals surface area contributed by atoms with Crippen molar-refractivity contribution in [3.8, 4) is 0 Å². The molecule has 142 valence electrons. The normalized spacial score (nSPS) is 14.4.